The first-order valence-corrected chi connectivity index (χ1v) is 9.14. The molecule has 1 aromatic rings. The van der Waals surface area contributed by atoms with Crippen molar-refractivity contribution in [1.29, 1.82) is 0 Å². The second kappa shape index (κ2) is 11.7. The van der Waals surface area contributed by atoms with Crippen LogP contribution in [0.25, 0.3) is 0 Å². The molecule has 2 aliphatic heterocycles. The topological polar surface area (TPSA) is 53.6 Å². The minimum absolute atomic E-state index is 0. The molecule has 2 saturated heterocycles. The molecule has 7 heteroatoms. The van der Waals surface area contributed by atoms with E-state index < -0.39 is 0 Å². The average molecular weight is 404 g/mol. The molecule has 5 nitrogen and oxygen atoms in total. The van der Waals surface area contributed by atoms with Gasteiger partial charge in [0.1, 0.15) is 5.75 Å². The maximum Gasteiger partial charge on any atom is 0.221 e. The summed E-state index contributed by atoms with van der Waals surface area (Å²) in [6.45, 7) is 3.94. The van der Waals surface area contributed by atoms with Gasteiger partial charge in [-0.2, -0.15) is 0 Å². The number of carbonyl (C=O) groups is 1. The van der Waals surface area contributed by atoms with Crippen molar-refractivity contribution in [3.63, 3.8) is 0 Å². The van der Waals surface area contributed by atoms with Gasteiger partial charge >= 0.3 is 0 Å². The fraction of sp³-hybridized carbons (Fsp3) is 0.632. The molecule has 1 aromatic carbocycles. The van der Waals surface area contributed by atoms with Crippen LogP contribution in [0.4, 0.5) is 0 Å². The van der Waals surface area contributed by atoms with Gasteiger partial charge in [0.25, 0.3) is 0 Å². The lowest BCUT2D eigenvalue weighted by atomic mass is 10.0. The van der Waals surface area contributed by atoms with Crippen LogP contribution in [0.3, 0.4) is 0 Å². The number of hydrogen-bond acceptors (Lipinski definition) is 4. The predicted octanol–water partition coefficient (Wildman–Crippen LogP) is 2.93. The van der Waals surface area contributed by atoms with Gasteiger partial charge in [-0.15, -0.1) is 24.8 Å². The number of methoxy groups -OCH3 is 1. The van der Waals surface area contributed by atoms with Gasteiger partial charge < -0.3 is 15.4 Å². The van der Waals surface area contributed by atoms with Crippen molar-refractivity contribution in [2.45, 2.75) is 44.2 Å². The molecule has 0 radical (unpaired) electrons. The Hall–Kier alpha value is -1.01. The van der Waals surface area contributed by atoms with E-state index in [1.807, 2.05) is 12.1 Å². The first kappa shape index (κ1) is 23.0. The van der Waals surface area contributed by atoms with Crippen LogP contribution in [0, 0.1) is 0 Å². The lowest BCUT2D eigenvalue weighted by Crippen LogP contribution is -2.38. The molecule has 148 valence electrons. The molecule has 2 heterocycles. The number of amides is 1. The normalized spacial score (nSPS) is 20.7. The maximum atomic E-state index is 12.3. The molecule has 26 heavy (non-hydrogen) atoms. The number of nitrogens with one attached hydrogen (secondary N) is 2. The molecule has 2 aliphatic rings. The predicted molar refractivity (Wildman–Crippen MR) is 110 cm³/mol. The molecular formula is C19H31Cl2N3O2. The van der Waals surface area contributed by atoms with Crippen LogP contribution in [-0.2, 0) is 4.79 Å². The summed E-state index contributed by atoms with van der Waals surface area (Å²) in [5, 5.41) is 6.55. The number of hydrogen-bond donors (Lipinski definition) is 2. The largest absolute Gasteiger partial charge is 0.497 e. The second-order valence-corrected chi connectivity index (χ2v) is 6.83. The van der Waals surface area contributed by atoms with Crippen LogP contribution in [-0.4, -0.2) is 50.1 Å². The Morgan fingerprint density at radius 2 is 1.92 bits per heavy atom. The SMILES string of the molecule is COc1ccc(C(CNC(=O)CC2CCCN2)N2CCCC2)cc1.Cl.Cl. The molecule has 0 aliphatic carbocycles. The molecule has 2 fully saturated rings. The summed E-state index contributed by atoms with van der Waals surface area (Å²) in [7, 11) is 1.68. The standard InChI is InChI=1S/C19H29N3O2.2ClH/c1-24-17-8-6-15(7-9-17)18(22-11-2-3-12-22)14-21-19(23)13-16-5-4-10-20-16;;/h6-9,16,18,20H,2-5,10-14H2,1H3,(H,21,23);2*1H. The summed E-state index contributed by atoms with van der Waals surface area (Å²) in [6, 6.07) is 8.85. The summed E-state index contributed by atoms with van der Waals surface area (Å²) in [5.41, 5.74) is 1.25. The number of halogens is 2. The van der Waals surface area contributed by atoms with E-state index in [0.29, 0.717) is 19.0 Å². The van der Waals surface area contributed by atoms with Crippen molar-refractivity contribution in [3.8, 4) is 5.75 Å². The zero-order chi connectivity index (χ0) is 16.8. The third-order valence-corrected chi connectivity index (χ3v) is 5.17. The van der Waals surface area contributed by atoms with Crippen molar-refractivity contribution in [2.24, 2.45) is 0 Å². The van der Waals surface area contributed by atoms with Gasteiger partial charge in [-0.3, -0.25) is 9.69 Å². The Balaban J connectivity index is 0.00000169. The first-order valence-electron chi connectivity index (χ1n) is 9.14. The second-order valence-electron chi connectivity index (χ2n) is 6.83. The highest BCUT2D eigenvalue weighted by Gasteiger charge is 2.25. The van der Waals surface area contributed by atoms with Crippen LogP contribution < -0.4 is 15.4 Å². The Kier molecular flexibility index (Phi) is 10.3. The van der Waals surface area contributed by atoms with Gasteiger partial charge in [0.05, 0.1) is 13.2 Å². The van der Waals surface area contributed by atoms with E-state index in [4.69, 9.17) is 4.74 Å². The maximum absolute atomic E-state index is 12.3. The van der Waals surface area contributed by atoms with Gasteiger partial charge in [-0.25, -0.2) is 0 Å². The highest BCUT2D eigenvalue weighted by molar-refractivity contribution is 5.85. The highest BCUT2D eigenvalue weighted by Crippen LogP contribution is 2.26. The number of nitrogens with zero attached hydrogens (tertiary/aromatic N) is 1. The summed E-state index contributed by atoms with van der Waals surface area (Å²) in [6.07, 6.45) is 5.37. The molecule has 1 amide bonds. The van der Waals surface area contributed by atoms with Crippen LogP contribution in [0.2, 0.25) is 0 Å². The number of likely N-dealkylation sites (tertiary alicyclic amines) is 1. The van der Waals surface area contributed by atoms with E-state index >= 15 is 0 Å². The minimum Gasteiger partial charge on any atom is -0.497 e. The monoisotopic (exact) mass is 403 g/mol. The molecule has 0 spiro atoms. The van der Waals surface area contributed by atoms with E-state index in [9.17, 15) is 4.79 Å². The summed E-state index contributed by atoms with van der Waals surface area (Å²) in [4.78, 5) is 14.7. The number of benzene rings is 1. The van der Waals surface area contributed by atoms with Crippen molar-refractivity contribution < 1.29 is 9.53 Å². The molecule has 2 unspecified atom stereocenters. The summed E-state index contributed by atoms with van der Waals surface area (Å²) in [5.74, 6) is 1.03. The molecule has 0 bridgehead atoms. The van der Waals surface area contributed by atoms with Gasteiger partial charge in [-0.1, -0.05) is 12.1 Å². The number of rotatable bonds is 7. The van der Waals surface area contributed by atoms with Crippen LogP contribution >= 0.6 is 24.8 Å². The lowest BCUT2D eigenvalue weighted by Gasteiger charge is -2.28. The average Bonchev–Trinajstić information content (AvgIpc) is 3.30. The fourth-order valence-corrected chi connectivity index (χ4v) is 3.77. The number of ether oxygens (including phenoxy) is 1. The van der Waals surface area contributed by atoms with E-state index in [0.717, 1.165) is 31.8 Å². The highest BCUT2D eigenvalue weighted by atomic mass is 35.5. The Labute approximate surface area is 169 Å². The molecule has 2 atom stereocenters. The third kappa shape index (κ3) is 6.31. The Morgan fingerprint density at radius 3 is 2.50 bits per heavy atom. The van der Waals surface area contributed by atoms with E-state index in [-0.39, 0.29) is 36.8 Å². The smallest absolute Gasteiger partial charge is 0.221 e. The fourth-order valence-electron chi connectivity index (χ4n) is 3.77. The van der Waals surface area contributed by atoms with Crippen molar-refractivity contribution in [1.82, 2.24) is 15.5 Å². The van der Waals surface area contributed by atoms with Crippen molar-refractivity contribution >= 4 is 30.7 Å². The zero-order valence-corrected chi connectivity index (χ0v) is 17.0. The molecule has 2 N–H and O–H groups in total. The third-order valence-electron chi connectivity index (χ3n) is 5.17. The van der Waals surface area contributed by atoms with E-state index in [1.54, 1.807) is 7.11 Å². The quantitative estimate of drug-likeness (QED) is 0.734. The van der Waals surface area contributed by atoms with E-state index in [1.165, 1.54) is 24.8 Å². The zero-order valence-electron chi connectivity index (χ0n) is 15.4. The first-order chi connectivity index (χ1) is 11.8. The lowest BCUT2D eigenvalue weighted by molar-refractivity contribution is -0.121. The van der Waals surface area contributed by atoms with Crippen molar-refractivity contribution in [3.05, 3.63) is 29.8 Å². The summed E-state index contributed by atoms with van der Waals surface area (Å²) >= 11 is 0. The van der Waals surface area contributed by atoms with Gasteiger partial charge in [0.15, 0.2) is 0 Å². The molecular weight excluding hydrogens is 373 g/mol. The van der Waals surface area contributed by atoms with Crippen LogP contribution in [0.5, 0.6) is 5.75 Å². The van der Waals surface area contributed by atoms with Crippen molar-refractivity contribution in [2.75, 3.05) is 33.3 Å². The van der Waals surface area contributed by atoms with Gasteiger partial charge in [0.2, 0.25) is 5.91 Å². The molecule has 0 aromatic heterocycles. The Bertz CT molecular complexity index is 530. The number of carbonyl (C=O) groups excluding carboxylic acids is 1. The van der Waals surface area contributed by atoms with E-state index in [2.05, 4.69) is 27.7 Å². The van der Waals surface area contributed by atoms with Crippen LogP contribution in [0.15, 0.2) is 24.3 Å². The molecule has 0 saturated carbocycles. The minimum atomic E-state index is 0. The Morgan fingerprint density at radius 1 is 1.23 bits per heavy atom. The molecule has 3 rings (SSSR count). The summed E-state index contributed by atoms with van der Waals surface area (Å²) < 4.78 is 5.26. The van der Waals surface area contributed by atoms with Gasteiger partial charge in [0, 0.05) is 19.0 Å². The van der Waals surface area contributed by atoms with Gasteiger partial charge in [-0.05, 0) is 63.0 Å². The van der Waals surface area contributed by atoms with Crippen LogP contribution in [0.1, 0.15) is 43.7 Å².